The van der Waals surface area contributed by atoms with Crippen molar-refractivity contribution in [3.63, 3.8) is 0 Å². The van der Waals surface area contributed by atoms with Gasteiger partial charge in [0.25, 0.3) is 0 Å². The molecule has 0 aromatic heterocycles. The van der Waals surface area contributed by atoms with Crippen molar-refractivity contribution < 1.29 is 4.79 Å². The van der Waals surface area contributed by atoms with E-state index in [-0.39, 0.29) is 11.9 Å². The molecule has 1 aromatic carbocycles. The van der Waals surface area contributed by atoms with Gasteiger partial charge in [-0.3, -0.25) is 4.79 Å². The van der Waals surface area contributed by atoms with Crippen LogP contribution in [0.2, 0.25) is 0 Å². The number of carbonyl (C=O) groups is 1. The highest BCUT2D eigenvalue weighted by Gasteiger charge is 2.40. The van der Waals surface area contributed by atoms with Crippen molar-refractivity contribution in [2.75, 3.05) is 5.32 Å². The van der Waals surface area contributed by atoms with Crippen molar-refractivity contribution in [2.24, 2.45) is 11.8 Å². The van der Waals surface area contributed by atoms with Gasteiger partial charge >= 0.3 is 0 Å². The largest absolute Gasteiger partial charge is 0.325 e. The Kier molecular flexibility index (Phi) is 3.56. The standard InChI is InChI=1S/C16H22N2O/c1-11(16(19)18-14-5-3-2-4-6-14)17-15-10-12-7-8-13(15)9-12/h2-6,11-13,15,17H,7-10H2,1H3,(H,18,19). The van der Waals surface area contributed by atoms with Gasteiger partial charge in [0.2, 0.25) is 5.91 Å². The molecule has 0 heterocycles. The van der Waals surface area contributed by atoms with Crippen molar-refractivity contribution in [2.45, 2.75) is 44.7 Å². The maximum Gasteiger partial charge on any atom is 0.241 e. The number of amides is 1. The Hall–Kier alpha value is -1.35. The Morgan fingerprint density at radius 1 is 1.21 bits per heavy atom. The highest BCUT2D eigenvalue weighted by molar-refractivity contribution is 5.94. The molecule has 2 saturated carbocycles. The molecular formula is C16H22N2O. The van der Waals surface area contributed by atoms with Gasteiger partial charge in [-0.25, -0.2) is 0 Å². The summed E-state index contributed by atoms with van der Waals surface area (Å²) in [5.74, 6) is 1.78. The van der Waals surface area contributed by atoms with Crippen LogP contribution >= 0.6 is 0 Å². The number of fused-ring (bicyclic) bond motifs is 2. The van der Waals surface area contributed by atoms with Crippen LogP contribution in [0.5, 0.6) is 0 Å². The molecule has 1 aromatic rings. The summed E-state index contributed by atoms with van der Waals surface area (Å²) >= 11 is 0. The summed E-state index contributed by atoms with van der Waals surface area (Å²) in [5.41, 5.74) is 0.870. The Morgan fingerprint density at radius 3 is 2.63 bits per heavy atom. The molecule has 4 atom stereocenters. The highest BCUT2D eigenvalue weighted by atomic mass is 16.2. The van der Waals surface area contributed by atoms with E-state index >= 15 is 0 Å². The van der Waals surface area contributed by atoms with E-state index in [0.29, 0.717) is 6.04 Å². The molecule has 3 heteroatoms. The van der Waals surface area contributed by atoms with Crippen LogP contribution in [-0.4, -0.2) is 18.0 Å². The molecule has 19 heavy (non-hydrogen) atoms. The quantitative estimate of drug-likeness (QED) is 0.872. The predicted octanol–water partition coefficient (Wildman–Crippen LogP) is 2.79. The van der Waals surface area contributed by atoms with Crippen LogP contribution in [0.4, 0.5) is 5.69 Å². The molecule has 0 spiro atoms. The van der Waals surface area contributed by atoms with E-state index < -0.39 is 0 Å². The van der Waals surface area contributed by atoms with Crippen LogP contribution in [0, 0.1) is 11.8 Å². The molecule has 3 nitrogen and oxygen atoms in total. The van der Waals surface area contributed by atoms with Crippen LogP contribution in [0.25, 0.3) is 0 Å². The van der Waals surface area contributed by atoms with Gasteiger partial charge in [0.1, 0.15) is 0 Å². The van der Waals surface area contributed by atoms with Gasteiger partial charge in [0, 0.05) is 11.7 Å². The molecule has 0 aliphatic heterocycles. The van der Waals surface area contributed by atoms with Gasteiger partial charge in [-0.1, -0.05) is 24.6 Å². The van der Waals surface area contributed by atoms with Gasteiger partial charge in [-0.2, -0.15) is 0 Å². The van der Waals surface area contributed by atoms with Gasteiger partial charge in [-0.15, -0.1) is 0 Å². The van der Waals surface area contributed by atoms with Crippen LogP contribution in [0.3, 0.4) is 0 Å². The molecule has 2 aliphatic carbocycles. The number of carbonyl (C=O) groups excluding carboxylic acids is 1. The fourth-order valence-corrected chi connectivity index (χ4v) is 3.62. The topological polar surface area (TPSA) is 41.1 Å². The molecular weight excluding hydrogens is 236 g/mol. The summed E-state index contributed by atoms with van der Waals surface area (Å²) in [6.07, 6.45) is 5.36. The number of benzene rings is 1. The van der Waals surface area contributed by atoms with E-state index in [0.717, 1.165) is 17.5 Å². The minimum atomic E-state index is -0.121. The zero-order chi connectivity index (χ0) is 13.2. The maximum absolute atomic E-state index is 12.1. The Labute approximate surface area is 114 Å². The molecule has 102 valence electrons. The first-order chi connectivity index (χ1) is 9.22. The van der Waals surface area contributed by atoms with Crippen molar-refractivity contribution in [1.82, 2.24) is 5.32 Å². The Bertz CT molecular complexity index is 445. The summed E-state index contributed by atoms with van der Waals surface area (Å²) in [6, 6.07) is 10.1. The van der Waals surface area contributed by atoms with Gasteiger partial charge in [0.05, 0.1) is 6.04 Å². The Morgan fingerprint density at radius 2 is 2.00 bits per heavy atom. The minimum absolute atomic E-state index is 0.0639. The van der Waals surface area contributed by atoms with E-state index in [2.05, 4.69) is 10.6 Å². The summed E-state index contributed by atoms with van der Waals surface area (Å²) in [7, 11) is 0. The molecule has 3 rings (SSSR count). The number of hydrogen-bond donors (Lipinski definition) is 2. The van der Waals surface area contributed by atoms with Crippen LogP contribution in [-0.2, 0) is 4.79 Å². The average Bonchev–Trinajstić information content (AvgIpc) is 3.02. The second kappa shape index (κ2) is 5.33. The number of anilines is 1. The second-order valence-electron chi connectivity index (χ2n) is 6.02. The van der Waals surface area contributed by atoms with Crippen LogP contribution in [0.15, 0.2) is 30.3 Å². The fraction of sp³-hybridized carbons (Fsp3) is 0.562. The van der Waals surface area contributed by atoms with E-state index in [1.807, 2.05) is 37.3 Å². The fourth-order valence-electron chi connectivity index (χ4n) is 3.62. The number of rotatable bonds is 4. The first-order valence-corrected chi connectivity index (χ1v) is 7.34. The van der Waals surface area contributed by atoms with Crippen molar-refractivity contribution in [1.29, 1.82) is 0 Å². The molecule has 1 amide bonds. The predicted molar refractivity (Wildman–Crippen MR) is 76.9 cm³/mol. The first-order valence-electron chi connectivity index (χ1n) is 7.34. The lowest BCUT2D eigenvalue weighted by Gasteiger charge is -2.26. The summed E-state index contributed by atoms with van der Waals surface area (Å²) < 4.78 is 0. The highest BCUT2D eigenvalue weighted by Crippen LogP contribution is 2.44. The normalized spacial score (nSPS) is 30.3. The molecule has 4 unspecified atom stereocenters. The van der Waals surface area contributed by atoms with E-state index in [9.17, 15) is 4.79 Å². The lowest BCUT2D eigenvalue weighted by atomic mass is 9.95. The van der Waals surface area contributed by atoms with Crippen molar-refractivity contribution in [3.05, 3.63) is 30.3 Å². The SMILES string of the molecule is CC(NC1CC2CCC1C2)C(=O)Nc1ccccc1. The number of hydrogen-bond acceptors (Lipinski definition) is 2. The Balaban J connectivity index is 1.52. The summed E-state index contributed by atoms with van der Waals surface area (Å²) in [6.45, 7) is 1.96. The third-order valence-electron chi connectivity index (χ3n) is 4.64. The zero-order valence-corrected chi connectivity index (χ0v) is 11.4. The average molecular weight is 258 g/mol. The van der Waals surface area contributed by atoms with Crippen LogP contribution in [0.1, 0.15) is 32.6 Å². The van der Waals surface area contributed by atoms with Crippen LogP contribution < -0.4 is 10.6 Å². The first kappa shape index (κ1) is 12.7. The molecule has 0 radical (unpaired) electrons. The van der Waals surface area contributed by atoms with Gasteiger partial charge < -0.3 is 10.6 Å². The third kappa shape index (κ3) is 2.81. The lowest BCUT2D eigenvalue weighted by Crippen LogP contribution is -2.46. The summed E-state index contributed by atoms with van der Waals surface area (Å²) in [4.78, 5) is 12.1. The molecule has 0 saturated heterocycles. The van der Waals surface area contributed by atoms with Gasteiger partial charge in [0.15, 0.2) is 0 Å². The number of nitrogens with one attached hydrogen (secondary N) is 2. The second-order valence-corrected chi connectivity index (χ2v) is 6.02. The zero-order valence-electron chi connectivity index (χ0n) is 11.4. The smallest absolute Gasteiger partial charge is 0.241 e. The monoisotopic (exact) mass is 258 g/mol. The molecule has 2 aliphatic rings. The summed E-state index contributed by atoms with van der Waals surface area (Å²) in [5, 5.41) is 6.48. The lowest BCUT2D eigenvalue weighted by molar-refractivity contribution is -0.118. The molecule has 2 fully saturated rings. The van der Waals surface area contributed by atoms with Gasteiger partial charge in [-0.05, 0) is 50.2 Å². The van der Waals surface area contributed by atoms with Crippen molar-refractivity contribution in [3.8, 4) is 0 Å². The van der Waals surface area contributed by atoms with E-state index in [4.69, 9.17) is 0 Å². The minimum Gasteiger partial charge on any atom is -0.325 e. The maximum atomic E-state index is 12.1. The molecule has 2 N–H and O–H groups in total. The van der Waals surface area contributed by atoms with Crippen molar-refractivity contribution >= 4 is 11.6 Å². The van der Waals surface area contributed by atoms with E-state index in [1.54, 1.807) is 0 Å². The third-order valence-corrected chi connectivity index (χ3v) is 4.64. The van der Waals surface area contributed by atoms with E-state index in [1.165, 1.54) is 25.7 Å². The number of para-hydroxylation sites is 1. The molecule has 2 bridgehead atoms.